The van der Waals surface area contributed by atoms with Gasteiger partial charge in [-0.3, -0.25) is 4.79 Å². The number of halogens is 2. The first kappa shape index (κ1) is 18.4. The minimum atomic E-state index is -1.04. The van der Waals surface area contributed by atoms with E-state index in [1.54, 1.807) is 0 Å². The molecule has 1 heterocycles. The number of aromatic nitrogens is 2. The highest BCUT2D eigenvalue weighted by molar-refractivity contribution is 6.03. The Hall–Kier alpha value is -3.35. The van der Waals surface area contributed by atoms with Crippen LogP contribution in [-0.2, 0) is 0 Å². The van der Waals surface area contributed by atoms with Crippen molar-refractivity contribution in [1.82, 2.24) is 9.97 Å². The third kappa shape index (κ3) is 4.63. The van der Waals surface area contributed by atoms with Gasteiger partial charge in [-0.15, -0.1) is 0 Å². The zero-order valence-corrected chi connectivity index (χ0v) is 14.8. The van der Waals surface area contributed by atoms with Crippen molar-refractivity contribution in [1.29, 1.82) is 0 Å². The number of nitrogens with one attached hydrogen (secondary N) is 2. The second-order valence-corrected chi connectivity index (χ2v) is 6.28. The van der Waals surface area contributed by atoms with Crippen molar-refractivity contribution >= 4 is 23.2 Å². The monoisotopic (exact) mass is 368 g/mol. The quantitative estimate of drug-likeness (QED) is 0.674. The second-order valence-electron chi connectivity index (χ2n) is 6.28. The maximum atomic E-state index is 13.2. The van der Waals surface area contributed by atoms with Crippen molar-refractivity contribution in [2.75, 3.05) is 10.6 Å². The summed E-state index contributed by atoms with van der Waals surface area (Å²) in [6.45, 7) is 4.24. The lowest BCUT2D eigenvalue weighted by atomic mass is 10.0. The molecule has 1 amide bonds. The van der Waals surface area contributed by atoms with E-state index < -0.39 is 17.5 Å². The SMILES string of the molecule is CC(C)c1ccc(Nc2ncc(C(=O)Nc3ccc(F)c(F)c3)cn2)cc1. The lowest BCUT2D eigenvalue weighted by Gasteiger charge is -2.09. The molecule has 0 aliphatic heterocycles. The molecule has 0 spiro atoms. The van der Waals surface area contributed by atoms with E-state index in [1.165, 1.54) is 24.0 Å². The number of nitrogens with zero attached hydrogens (tertiary/aromatic N) is 2. The van der Waals surface area contributed by atoms with E-state index in [2.05, 4.69) is 34.4 Å². The van der Waals surface area contributed by atoms with E-state index in [1.807, 2.05) is 24.3 Å². The highest BCUT2D eigenvalue weighted by Crippen LogP contribution is 2.19. The van der Waals surface area contributed by atoms with Gasteiger partial charge in [0.15, 0.2) is 11.6 Å². The fourth-order valence-corrected chi connectivity index (χ4v) is 2.37. The van der Waals surface area contributed by atoms with Crippen LogP contribution < -0.4 is 10.6 Å². The van der Waals surface area contributed by atoms with Crippen LogP contribution in [0.1, 0.15) is 35.7 Å². The van der Waals surface area contributed by atoms with Gasteiger partial charge in [0.25, 0.3) is 5.91 Å². The predicted molar refractivity (Wildman–Crippen MR) is 100 cm³/mol. The summed E-state index contributed by atoms with van der Waals surface area (Å²) in [7, 11) is 0. The minimum absolute atomic E-state index is 0.145. The standard InChI is InChI=1S/C20H18F2N4O/c1-12(2)13-3-5-15(6-4-13)26-20-23-10-14(11-24-20)19(27)25-16-7-8-17(21)18(22)9-16/h3-12H,1-2H3,(H,25,27)(H,23,24,26). The Morgan fingerprint density at radius 1 is 0.926 bits per heavy atom. The average Bonchev–Trinajstić information content (AvgIpc) is 2.66. The zero-order chi connectivity index (χ0) is 19.4. The van der Waals surface area contributed by atoms with Crippen LogP contribution in [0.4, 0.5) is 26.1 Å². The molecule has 0 aliphatic carbocycles. The predicted octanol–water partition coefficient (Wildman–Crippen LogP) is 4.87. The lowest BCUT2D eigenvalue weighted by molar-refractivity contribution is 0.102. The van der Waals surface area contributed by atoms with Crippen LogP contribution in [0, 0.1) is 11.6 Å². The van der Waals surface area contributed by atoms with Crippen molar-refractivity contribution in [3.63, 3.8) is 0 Å². The highest BCUT2D eigenvalue weighted by atomic mass is 19.2. The fourth-order valence-electron chi connectivity index (χ4n) is 2.37. The molecule has 2 aromatic carbocycles. The maximum Gasteiger partial charge on any atom is 0.258 e. The Balaban J connectivity index is 1.65. The Morgan fingerprint density at radius 3 is 2.15 bits per heavy atom. The maximum absolute atomic E-state index is 13.2. The van der Waals surface area contributed by atoms with E-state index in [4.69, 9.17) is 0 Å². The third-order valence-electron chi connectivity index (χ3n) is 3.92. The van der Waals surface area contributed by atoms with Gasteiger partial charge in [0.1, 0.15) is 0 Å². The summed E-state index contributed by atoms with van der Waals surface area (Å²) in [6, 6.07) is 11.0. The number of carbonyl (C=O) groups is 1. The molecule has 0 fully saturated rings. The summed E-state index contributed by atoms with van der Waals surface area (Å²) in [5, 5.41) is 5.52. The second kappa shape index (κ2) is 7.90. The molecular formula is C20H18F2N4O. The third-order valence-corrected chi connectivity index (χ3v) is 3.92. The van der Waals surface area contributed by atoms with E-state index in [-0.39, 0.29) is 11.3 Å². The number of rotatable bonds is 5. The largest absolute Gasteiger partial charge is 0.324 e. The molecule has 0 unspecified atom stereocenters. The van der Waals surface area contributed by atoms with Crippen molar-refractivity contribution in [3.05, 3.63) is 77.6 Å². The Kier molecular flexibility index (Phi) is 5.40. The van der Waals surface area contributed by atoms with E-state index in [0.29, 0.717) is 11.9 Å². The van der Waals surface area contributed by atoms with Crippen molar-refractivity contribution in [3.8, 4) is 0 Å². The molecule has 3 aromatic rings. The molecule has 0 atom stereocenters. The molecule has 3 rings (SSSR count). The van der Waals surface area contributed by atoms with E-state index in [0.717, 1.165) is 17.8 Å². The highest BCUT2D eigenvalue weighted by Gasteiger charge is 2.10. The fraction of sp³-hybridized carbons (Fsp3) is 0.150. The van der Waals surface area contributed by atoms with Crippen LogP contribution in [0.3, 0.4) is 0 Å². The van der Waals surface area contributed by atoms with Crippen LogP contribution in [0.5, 0.6) is 0 Å². The van der Waals surface area contributed by atoms with Crippen molar-refractivity contribution in [2.24, 2.45) is 0 Å². The smallest absolute Gasteiger partial charge is 0.258 e. The minimum Gasteiger partial charge on any atom is -0.324 e. The summed E-state index contributed by atoms with van der Waals surface area (Å²) in [5.41, 5.74) is 2.40. The van der Waals surface area contributed by atoms with Gasteiger partial charge in [-0.25, -0.2) is 18.7 Å². The summed E-state index contributed by atoms with van der Waals surface area (Å²) >= 11 is 0. The van der Waals surface area contributed by atoms with Gasteiger partial charge >= 0.3 is 0 Å². The first-order chi connectivity index (χ1) is 12.9. The van der Waals surface area contributed by atoms with Gasteiger partial charge in [-0.1, -0.05) is 26.0 Å². The summed E-state index contributed by atoms with van der Waals surface area (Å²) < 4.78 is 26.1. The van der Waals surface area contributed by atoms with Gasteiger partial charge in [0, 0.05) is 29.8 Å². The molecule has 0 bridgehead atoms. The molecule has 0 saturated carbocycles. The van der Waals surface area contributed by atoms with Gasteiger partial charge in [0.05, 0.1) is 5.56 Å². The van der Waals surface area contributed by atoms with Gasteiger partial charge in [-0.2, -0.15) is 0 Å². The number of anilines is 3. The van der Waals surface area contributed by atoms with Crippen molar-refractivity contribution < 1.29 is 13.6 Å². The summed E-state index contributed by atoms with van der Waals surface area (Å²) in [5.74, 6) is -1.74. The molecule has 0 radical (unpaired) electrons. The van der Waals surface area contributed by atoms with Crippen LogP contribution in [0.15, 0.2) is 54.9 Å². The Morgan fingerprint density at radius 2 is 1.56 bits per heavy atom. The van der Waals surface area contributed by atoms with E-state index >= 15 is 0 Å². The first-order valence-electron chi connectivity index (χ1n) is 8.38. The molecule has 5 nitrogen and oxygen atoms in total. The first-order valence-corrected chi connectivity index (χ1v) is 8.38. The summed E-state index contributed by atoms with van der Waals surface area (Å²) in [4.78, 5) is 20.4. The normalized spacial score (nSPS) is 10.7. The van der Waals surface area contributed by atoms with Gasteiger partial charge in [0.2, 0.25) is 5.95 Å². The number of hydrogen-bond donors (Lipinski definition) is 2. The van der Waals surface area contributed by atoms with Gasteiger partial charge in [-0.05, 0) is 35.7 Å². The molecule has 2 N–H and O–H groups in total. The van der Waals surface area contributed by atoms with Crippen LogP contribution >= 0.6 is 0 Å². The number of carbonyl (C=O) groups excluding carboxylic acids is 1. The number of amides is 1. The Bertz CT molecular complexity index is 941. The van der Waals surface area contributed by atoms with Crippen LogP contribution in [0.2, 0.25) is 0 Å². The number of benzene rings is 2. The van der Waals surface area contributed by atoms with Crippen LogP contribution in [0.25, 0.3) is 0 Å². The van der Waals surface area contributed by atoms with Gasteiger partial charge < -0.3 is 10.6 Å². The zero-order valence-electron chi connectivity index (χ0n) is 14.8. The molecule has 0 aliphatic rings. The lowest BCUT2D eigenvalue weighted by Crippen LogP contribution is -2.13. The molecule has 1 aromatic heterocycles. The Labute approximate surface area is 155 Å². The van der Waals surface area contributed by atoms with Crippen molar-refractivity contribution in [2.45, 2.75) is 19.8 Å². The molecular weight excluding hydrogens is 350 g/mol. The average molecular weight is 368 g/mol. The summed E-state index contributed by atoms with van der Waals surface area (Å²) in [6.07, 6.45) is 2.71. The molecule has 27 heavy (non-hydrogen) atoms. The van der Waals surface area contributed by atoms with E-state index in [9.17, 15) is 13.6 Å². The number of hydrogen-bond acceptors (Lipinski definition) is 4. The topological polar surface area (TPSA) is 66.9 Å². The molecule has 0 saturated heterocycles. The molecule has 138 valence electrons. The van der Waals surface area contributed by atoms with Crippen LogP contribution in [-0.4, -0.2) is 15.9 Å². The molecule has 7 heteroatoms.